The van der Waals surface area contributed by atoms with Gasteiger partial charge in [0, 0.05) is 31.6 Å². The molecule has 3 saturated carbocycles. The number of nitrogens with zero attached hydrogens (tertiary/aromatic N) is 1. The molecule has 4 aliphatic rings. The second kappa shape index (κ2) is 16.5. The van der Waals surface area contributed by atoms with Gasteiger partial charge in [0.25, 0.3) is 0 Å². The lowest BCUT2D eigenvalue weighted by molar-refractivity contribution is 0.00313. The molecule has 1 saturated heterocycles. The van der Waals surface area contributed by atoms with E-state index in [1.807, 2.05) is 7.11 Å². The monoisotopic (exact) mass is 562 g/mol. The molecule has 0 bridgehead atoms. The van der Waals surface area contributed by atoms with E-state index < -0.39 is 0 Å². The average Bonchev–Trinajstić information content (AvgIpc) is 2.83. The van der Waals surface area contributed by atoms with Gasteiger partial charge in [-0.25, -0.2) is 0 Å². The molecular weight excluding hydrogens is 500 g/mol. The number of alkyl halides is 1. The highest BCUT2D eigenvalue weighted by atomic mass is 35.5. The van der Waals surface area contributed by atoms with Crippen LogP contribution in [0, 0.1) is 40.9 Å². The Morgan fingerprint density at radius 1 is 0.868 bits per heavy atom. The molecule has 0 radical (unpaired) electrons. The number of nitrogens with one attached hydrogen (secondary N) is 1. The van der Waals surface area contributed by atoms with Crippen LogP contribution in [0.1, 0.15) is 105 Å². The zero-order chi connectivity index (χ0) is 25.0. The molecule has 3 aliphatic carbocycles. The fraction of sp³-hybridized carbons (Fsp3) is 1.00. The molecule has 5 unspecified atom stereocenters. The van der Waals surface area contributed by atoms with Gasteiger partial charge in [-0.15, -0.1) is 11.6 Å². The van der Waals surface area contributed by atoms with E-state index in [0.717, 1.165) is 29.6 Å². The van der Waals surface area contributed by atoms with Gasteiger partial charge in [0.05, 0.1) is 6.10 Å². The number of ether oxygens (including phenoxy) is 1. The lowest BCUT2D eigenvalue weighted by Crippen LogP contribution is -2.53. The van der Waals surface area contributed by atoms with Crippen LogP contribution in [0.5, 0.6) is 0 Å². The van der Waals surface area contributed by atoms with Gasteiger partial charge in [-0.2, -0.15) is 0 Å². The van der Waals surface area contributed by atoms with Crippen molar-refractivity contribution in [2.24, 2.45) is 40.9 Å². The van der Waals surface area contributed by atoms with E-state index in [1.165, 1.54) is 103 Å². The van der Waals surface area contributed by atoms with Crippen LogP contribution in [0.2, 0.25) is 0 Å². The SMILES string of the molecule is COC1CCC2CC(CCN[C@@H](CN3CCC(C4CCC(Cl)CC4)C(C)(C)C3)C(C)C)CCC2C1.O.O.O. The van der Waals surface area contributed by atoms with Crippen molar-refractivity contribution < 1.29 is 21.2 Å². The van der Waals surface area contributed by atoms with E-state index >= 15 is 0 Å². The van der Waals surface area contributed by atoms with E-state index in [4.69, 9.17) is 16.3 Å². The highest BCUT2D eigenvalue weighted by Gasteiger charge is 2.41. The Kier molecular flexibility index (Phi) is 15.6. The molecule has 0 amide bonds. The van der Waals surface area contributed by atoms with Gasteiger partial charge in [0.2, 0.25) is 0 Å². The van der Waals surface area contributed by atoms with Crippen LogP contribution in [0.15, 0.2) is 0 Å². The van der Waals surface area contributed by atoms with Gasteiger partial charge in [-0.1, -0.05) is 34.1 Å². The number of likely N-dealkylation sites (tertiary alicyclic amines) is 1. The van der Waals surface area contributed by atoms with Crippen molar-refractivity contribution in [1.29, 1.82) is 0 Å². The predicted octanol–water partition coefficient (Wildman–Crippen LogP) is 4.89. The van der Waals surface area contributed by atoms with E-state index in [9.17, 15) is 0 Å². The van der Waals surface area contributed by atoms with E-state index in [2.05, 4.69) is 37.9 Å². The summed E-state index contributed by atoms with van der Waals surface area (Å²) >= 11 is 6.41. The first-order valence-corrected chi connectivity index (χ1v) is 15.8. The number of hydrogen-bond donors (Lipinski definition) is 1. The molecule has 7 N–H and O–H groups in total. The van der Waals surface area contributed by atoms with Gasteiger partial charge in [-0.05, 0) is 125 Å². The Morgan fingerprint density at radius 2 is 1.50 bits per heavy atom. The maximum Gasteiger partial charge on any atom is 0.0574 e. The van der Waals surface area contributed by atoms with Crippen LogP contribution in [-0.2, 0) is 4.74 Å². The minimum Gasteiger partial charge on any atom is -0.412 e. The molecule has 0 spiro atoms. The van der Waals surface area contributed by atoms with Crippen LogP contribution in [0.3, 0.4) is 0 Å². The number of halogens is 1. The summed E-state index contributed by atoms with van der Waals surface area (Å²) < 4.78 is 5.68. The lowest BCUT2D eigenvalue weighted by Gasteiger charge is -2.49. The molecule has 1 heterocycles. The molecule has 4 fully saturated rings. The molecule has 7 heteroatoms. The van der Waals surface area contributed by atoms with E-state index in [0.29, 0.717) is 28.9 Å². The first kappa shape index (κ1) is 36.1. The molecule has 0 aromatic heterocycles. The predicted molar refractivity (Wildman–Crippen MR) is 161 cm³/mol. The highest BCUT2D eigenvalue weighted by Crippen LogP contribution is 2.46. The lowest BCUT2D eigenvalue weighted by atomic mass is 9.64. The Morgan fingerprint density at radius 3 is 2.13 bits per heavy atom. The Balaban J connectivity index is 0.00000241. The summed E-state index contributed by atoms with van der Waals surface area (Å²) in [5.74, 6) is 5.33. The minimum absolute atomic E-state index is 0. The summed E-state index contributed by atoms with van der Waals surface area (Å²) in [7, 11) is 1.91. The molecule has 38 heavy (non-hydrogen) atoms. The zero-order valence-electron chi connectivity index (χ0n) is 25.2. The molecule has 6 nitrogen and oxygen atoms in total. The summed E-state index contributed by atoms with van der Waals surface area (Å²) in [6.45, 7) is 14.9. The van der Waals surface area contributed by atoms with Crippen LogP contribution in [-0.4, -0.2) is 72.1 Å². The third-order valence-corrected chi connectivity index (χ3v) is 11.3. The standard InChI is InChI=1S/C31H57ClN2O.3H2O/c1-22(2)30(33-16-14-23-6-7-26-19-28(35-5)13-10-25(26)18-23)20-34-17-15-29(31(3,4)21-34)24-8-11-27(32)12-9-24;;;/h22-30,33H,6-21H2,1-5H3;3*1H2/t23?,24?,25?,26?,27?,28?,29?,30-;;;/m0.../s1. The van der Waals surface area contributed by atoms with Crippen LogP contribution in [0.25, 0.3) is 0 Å². The average molecular weight is 563 g/mol. The first-order chi connectivity index (χ1) is 16.7. The van der Waals surface area contributed by atoms with Crippen LogP contribution < -0.4 is 5.32 Å². The molecule has 228 valence electrons. The smallest absolute Gasteiger partial charge is 0.0574 e. The minimum atomic E-state index is 0. The number of methoxy groups -OCH3 is 1. The molecule has 6 atom stereocenters. The third kappa shape index (κ3) is 9.56. The number of piperidine rings is 1. The Hall–Kier alpha value is 0.0500. The summed E-state index contributed by atoms with van der Waals surface area (Å²) in [6, 6.07) is 0.613. The van der Waals surface area contributed by atoms with Crippen molar-refractivity contribution >= 4 is 11.6 Å². The second-order valence-corrected chi connectivity index (χ2v) is 14.7. The van der Waals surface area contributed by atoms with Gasteiger partial charge < -0.3 is 31.4 Å². The molecule has 0 aromatic rings. The van der Waals surface area contributed by atoms with Crippen molar-refractivity contribution in [2.45, 2.75) is 122 Å². The first-order valence-electron chi connectivity index (χ1n) is 15.4. The van der Waals surface area contributed by atoms with Gasteiger partial charge in [-0.3, -0.25) is 0 Å². The molecule has 4 rings (SSSR count). The zero-order valence-corrected chi connectivity index (χ0v) is 26.0. The van der Waals surface area contributed by atoms with Gasteiger partial charge in [0.1, 0.15) is 0 Å². The van der Waals surface area contributed by atoms with E-state index in [1.54, 1.807) is 0 Å². The fourth-order valence-corrected chi connectivity index (χ4v) is 8.93. The maximum absolute atomic E-state index is 6.41. The fourth-order valence-electron chi connectivity index (χ4n) is 8.68. The van der Waals surface area contributed by atoms with Crippen LogP contribution in [0.4, 0.5) is 0 Å². The van der Waals surface area contributed by atoms with E-state index in [-0.39, 0.29) is 16.4 Å². The molecule has 1 aliphatic heterocycles. The van der Waals surface area contributed by atoms with Crippen molar-refractivity contribution in [3.05, 3.63) is 0 Å². The largest absolute Gasteiger partial charge is 0.412 e. The quantitative estimate of drug-likeness (QED) is 0.403. The van der Waals surface area contributed by atoms with Gasteiger partial charge >= 0.3 is 0 Å². The summed E-state index contributed by atoms with van der Waals surface area (Å²) in [5, 5.41) is 4.47. The second-order valence-electron chi connectivity index (χ2n) is 14.1. The van der Waals surface area contributed by atoms with Crippen molar-refractivity contribution in [3.8, 4) is 0 Å². The van der Waals surface area contributed by atoms with Crippen molar-refractivity contribution in [2.75, 3.05) is 33.3 Å². The molecule has 0 aromatic carbocycles. The van der Waals surface area contributed by atoms with Gasteiger partial charge in [0.15, 0.2) is 0 Å². The third-order valence-electron chi connectivity index (χ3n) is 10.9. The Bertz CT molecular complexity index is 643. The van der Waals surface area contributed by atoms with Crippen molar-refractivity contribution in [3.63, 3.8) is 0 Å². The van der Waals surface area contributed by atoms with Crippen LogP contribution >= 0.6 is 11.6 Å². The number of hydrogen-bond acceptors (Lipinski definition) is 3. The number of fused-ring (bicyclic) bond motifs is 1. The number of rotatable bonds is 9. The topological polar surface area (TPSA) is 119 Å². The summed E-state index contributed by atoms with van der Waals surface area (Å²) in [5.41, 5.74) is 0.421. The normalized spacial score (nSPS) is 36.2. The Labute approximate surface area is 239 Å². The van der Waals surface area contributed by atoms with Crippen molar-refractivity contribution in [1.82, 2.24) is 10.2 Å². The summed E-state index contributed by atoms with van der Waals surface area (Å²) in [4.78, 5) is 2.79. The maximum atomic E-state index is 6.41. The molecular formula is C31H63ClN2O4. The highest BCUT2D eigenvalue weighted by molar-refractivity contribution is 6.20. The summed E-state index contributed by atoms with van der Waals surface area (Å²) in [6.07, 6.45) is 16.8.